The van der Waals surface area contributed by atoms with Crippen molar-refractivity contribution in [2.24, 2.45) is 0 Å². The van der Waals surface area contributed by atoms with Crippen molar-refractivity contribution in [1.29, 1.82) is 0 Å². The third-order valence-electron chi connectivity index (χ3n) is 3.26. The van der Waals surface area contributed by atoms with Gasteiger partial charge in [0.05, 0.1) is 0 Å². The number of nitrogens with zero attached hydrogens (tertiary/aromatic N) is 1. The number of anilines is 1. The van der Waals surface area contributed by atoms with Crippen molar-refractivity contribution in [2.45, 2.75) is 6.42 Å². The van der Waals surface area contributed by atoms with Crippen LogP contribution in [0.25, 0.3) is 0 Å². The maximum absolute atomic E-state index is 5.83. The molecule has 0 bridgehead atoms. The van der Waals surface area contributed by atoms with Crippen molar-refractivity contribution < 1.29 is 4.74 Å². The van der Waals surface area contributed by atoms with Crippen molar-refractivity contribution in [1.82, 2.24) is 0 Å². The number of para-hydroxylation sites is 1. The Morgan fingerprint density at radius 2 is 1.83 bits per heavy atom. The molecule has 90 valence electrons. The van der Waals surface area contributed by atoms with Gasteiger partial charge < -0.3 is 9.64 Å². The molecule has 0 N–H and O–H groups in total. The molecule has 1 aliphatic heterocycles. The molecule has 0 aliphatic carbocycles. The van der Waals surface area contributed by atoms with Crippen molar-refractivity contribution >= 4 is 5.69 Å². The fourth-order valence-corrected chi connectivity index (χ4v) is 2.23. The molecule has 2 aromatic rings. The molecule has 2 nitrogen and oxygen atoms in total. The van der Waals surface area contributed by atoms with Crippen molar-refractivity contribution in [2.75, 3.05) is 11.9 Å². The number of hydrogen-bond donors (Lipinski definition) is 0. The third-order valence-corrected chi connectivity index (χ3v) is 3.26. The Bertz CT molecular complexity index is 589. The van der Waals surface area contributed by atoms with Crippen molar-refractivity contribution in [3.05, 3.63) is 66.4 Å². The van der Waals surface area contributed by atoms with Crippen LogP contribution in [0.5, 0.6) is 11.5 Å². The number of hydrogen-bond acceptors (Lipinski definition) is 2. The summed E-state index contributed by atoms with van der Waals surface area (Å²) in [6, 6.07) is 16.0. The van der Waals surface area contributed by atoms with Gasteiger partial charge in [-0.25, -0.2) is 0 Å². The lowest BCUT2D eigenvalue weighted by Gasteiger charge is -2.13. The molecular weight excluding hydrogens is 222 g/mol. The van der Waals surface area contributed by atoms with Crippen molar-refractivity contribution in [3.63, 3.8) is 0 Å². The standard InChI is InChI=1S/C16H15NO/c1-12-10-13-11-15(8-9-16(13)17(12)2)18-14-6-4-3-5-7-14/h3-9,11H,1,10H2,2H3. The maximum Gasteiger partial charge on any atom is 0.127 e. The lowest BCUT2D eigenvalue weighted by Crippen LogP contribution is -2.09. The van der Waals surface area contributed by atoms with E-state index in [-0.39, 0.29) is 0 Å². The Kier molecular flexibility index (Phi) is 2.56. The predicted octanol–water partition coefficient (Wildman–Crippen LogP) is 3.98. The monoisotopic (exact) mass is 237 g/mol. The average molecular weight is 237 g/mol. The van der Waals surface area contributed by atoms with Gasteiger partial charge >= 0.3 is 0 Å². The van der Waals surface area contributed by atoms with E-state index in [2.05, 4.69) is 23.6 Å². The Hall–Kier alpha value is -2.22. The fraction of sp³-hybridized carbons (Fsp3) is 0.125. The normalized spacial score (nSPS) is 13.6. The van der Waals surface area contributed by atoms with Gasteiger partial charge in [0.25, 0.3) is 0 Å². The Morgan fingerprint density at radius 3 is 2.61 bits per heavy atom. The summed E-state index contributed by atoms with van der Waals surface area (Å²) in [7, 11) is 2.05. The smallest absolute Gasteiger partial charge is 0.127 e. The van der Waals surface area contributed by atoms with Crippen LogP contribution in [0.4, 0.5) is 5.69 Å². The number of ether oxygens (including phenoxy) is 1. The zero-order valence-corrected chi connectivity index (χ0v) is 10.4. The van der Waals surface area contributed by atoms with E-state index in [1.165, 1.54) is 11.3 Å². The molecule has 0 unspecified atom stereocenters. The van der Waals surface area contributed by atoms with E-state index in [1.54, 1.807) is 0 Å². The molecule has 3 rings (SSSR count). The highest BCUT2D eigenvalue weighted by Gasteiger charge is 2.19. The summed E-state index contributed by atoms with van der Waals surface area (Å²) in [4.78, 5) is 2.13. The van der Waals surface area contributed by atoms with Crippen LogP contribution in [-0.4, -0.2) is 7.05 Å². The highest BCUT2D eigenvalue weighted by atomic mass is 16.5. The number of allylic oxidation sites excluding steroid dienone is 1. The number of rotatable bonds is 2. The highest BCUT2D eigenvalue weighted by Crippen LogP contribution is 2.35. The topological polar surface area (TPSA) is 12.5 Å². The summed E-state index contributed by atoms with van der Waals surface area (Å²) in [6.45, 7) is 4.05. The minimum absolute atomic E-state index is 0.864. The Balaban J connectivity index is 1.88. The van der Waals surface area contributed by atoms with Gasteiger partial charge in [-0.1, -0.05) is 24.8 Å². The fourth-order valence-electron chi connectivity index (χ4n) is 2.23. The summed E-state index contributed by atoms with van der Waals surface area (Å²) < 4.78 is 5.83. The van der Waals surface area contributed by atoms with Crippen LogP contribution in [-0.2, 0) is 6.42 Å². The van der Waals surface area contributed by atoms with Crippen LogP contribution in [0.1, 0.15) is 5.56 Å². The highest BCUT2D eigenvalue weighted by molar-refractivity contribution is 5.65. The summed E-state index contributed by atoms with van der Waals surface area (Å²) in [5.74, 6) is 1.74. The number of fused-ring (bicyclic) bond motifs is 1. The second kappa shape index (κ2) is 4.22. The van der Waals surface area contributed by atoms with Gasteiger partial charge in [-0.3, -0.25) is 0 Å². The van der Waals surface area contributed by atoms with Crippen LogP contribution < -0.4 is 9.64 Å². The summed E-state index contributed by atoms with van der Waals surface area (Å²) in [5.41, 5.74) is 3.62. The van der Waals surface area contributed by atoms with Crippen LogP contribution >= 0.6 is 0 Å². The first-order chi connectivity index (χ1) is 8.74. The molecule has 0 aromatic heterocycles. The predicted molar refractivity (Wildman–Crippen MR) is 74.2 cm³/mol. The molecule has 0 fully saturated rings. The molecule has 0 spiro atoms. The number of likely N-dealkylation sites (N-methyl/N-ethyl adjacent to an activating group) is 1. The lowest BCUT2D eigenvalue weighted by atomic mass is 10.1. The van der Waals surface area contributed by atoms with E-state index in [4.69, 9.17) is 4.74 Å². The first-order valence-corrected chi connectivity index (χ1v) is 6.01. The van der Waals surface area contributed by atoms with Crippen LogP contribution in [0, 0.1) is 0 Å². The Morgan fingerprint density at radius 1 is 1.06 bits per heavy atom. The molecule has 0 atom stereocenters. The first kappa shape index (κ1) is 10.9. The van der Waals surface area contributed by atoms with Crippen LogP contribution in [0.15, 0.2) is 60.8 Å². The van der Waals surface area contributed by atoms with Gasteiger partial charge in [-0.05, 0) is 35.9 Å². The lowest BCUT2D eigenvalue weighted by molar-refractivity contribution is 0.482. The molecule has 2 aromatic carbocycles. The van der Waals surface area contributed by atoms with Crippen LogP contribution in [0.2, 0.25) is 0 Å². The van der Waals surface area contributed by atoms with Gasteiger partial charge in [0.15, 0.2) is 0 Å². The number of benzene rings is 2. The zero-order chi connectivity index (χ0) is 12.5. The van der Waals surface area contributed by atoms with E-state index in [1.807, 2.05) is 43.4 Å². The minimum Gasteiger partial charge on any atom is -0.457 e. The summed E-state index contributed by atoms with van der Waals surface area (Å²) in [6.07, 6.45) is 0.901. The summed E-state index contributed by atoms with van der Waals surface area (Å²) in [5, 5.41) is 0. The van der Waals surface area contributed by atoms with E-state index < -0.39 is 0 Å². The molecule has 1 heterocycles. The summed E-state index contributed by atoms with van der Waals surface area (Å²) >= 11 is 0. The van der Waals surface area contributed by atoms with Gasteiger partial charge in [-0.2, -0.15) is 0 Å². The van der Waals surface area contributed by atoms with Crippen molar-refractivity contribution in [3.8, 4) is 11.5 Å². The van der Waals surface area contributed by atoms with E-state index in [0.29, 0.717) is 0 Å². The third kappa shape index (κ3) is 1.86. The minimum atomic E-state index is 0.864. The van der Waals surface area contributed by atoms with Gasteiger partial charge in [-0.15, -0.1) is 0 Å². The SMILES string of the molecule is C=C1Cc2cc(Oc3ccccc3)ccc2N1C. The molecule has 0 saturated carbocycles. The maximum atomic E-state index is 5.83. The quantitative estimate of drug-likeness (QED) is 0.783. The van der Waals surface area contributed by atoms with Gasteiger partial charge in [0.1, 0.15) is 11.5 Å². The molecule has 2 heteroatoms. The second-order valence-corrected chi connectivity index (χ2v) is 4.51. The van der Waals surface area contributed by atoms with Crippen LogP contribution in [0.3, 0.4) is 0 Å². The first-order valence-electron chi connectivity index (χ1n) is 6.01. The van der Waals surface area contributed by atoms with Gasteiger partial charge in [0.2, 0.25) is 0 Å². The largest absolute Gasteiger partial charge is 0.457 e. The van der Waals surface area contributed by atoms with E-state index in [9.17, 15) is 0 Å². The van der Waals surface area contributed by atoms with E-state index in [0.717, 1.165) is 23.6 Å². The van der Waals surface area contributed by atoms with E-state index >= 15 is 0 Å². The molecule has 18 heavy (non-hydrogen) atoms. The molecule has 0 amide bonds. The van der Waals surface area contributed by atoms with Gasteiger partial charge in [0, 0.05) is 24.9 Å². The zero-order valence-electron chi connectivity index (χ0n) is 10.4. The second-order valence-electron chi connectivity index (χ2n) is 4.51. The average Bonchev–Trinajstić information content (AvgIpc) is 2.66. The Labute approximate surface area is 107 Å². The molecule has 0 radical (unpaired) electrons. The molecule has 0 saturated heterocycles. The molecular formula is C16H15NO. The molecule has 1 aliphatic rings.